The number of quaternary nitrogens is 2. The Morgan fingerprint density at radius 3 is 2.33 bits per heavy atom. The lowest BCUT2D eigenvalue weighted by atomic mass is 10.1. The van der Waals surface area contributed by atoms with Gasteiger partial charge >= 0.3 is 12.0 Å². The Morgan fingerprint density at radius 2 is 1.70 bits per heavy atom. The van der Waals surface area contributed by atoms with Crippen LogP contribution >= 0.6 is 11.6 Å². The normalized spacial score (nSPS) is 26.7. The van der Waals surface area contributed by atoms with Gasteiger partial charge in [0.2, 0.25) is 5.95 Å². The predicted molar refractivity (Wildman–Crippen MR) is 107 cm³/mol. The summed E-state index contributed by atoms with van der Waals surface area (Å²) < 4.78 is 7.33. The SMILES string of the molecule is COc1nc(NCc2ccccc2)nc([N+]23CC[N+](CCCl)(CC2)CC3)n1. The standard InChI is InChI=1S/C19H27ClN6O/c1-27-19-23-17(21-15-16-5-3-2-4-6-16)22-18(24-19)26-12-9-25(8-7-20,10-13-26)11-14-26/h2-6H,7-15H2,1H3,(H,21,22,23,24)/q+2. The zero-order valence-electron chi connectivity index (χ0n) is 15.8. The highest BCUT2D eigenvalue weighted by Crippen LogP contribution is 2.31. The number of benzene rings is 1. The van der Waals surface area contributed by atoms with E-state index in [4.69, 9.17) is 21.3 Å². The fourth-order valence-corrected chi connectivity index (χ4v) is 4.56. The molecule has 3 fully saturated rings. The van der Waals surface area contributed by atoms with Crippen molar-refractivity contribution in [2.75, 3.05) is 64.1 Å². The minimum atomic E-state index is 0.376. The highest BCUT2D eigenvalue weighted by atomic mass is 35.5. The molecule has 2 bridgehead atoms. The molecule has 2 aromatic rings. The molecule has 0 amide bonds. The van der Waals surface area contributed by atoms with Gasteiger partial charge in [0.05, 0.1) is 19.5 Å². The number of halogens is 1. The van der Waals surface area contributed by atoms with Crippen molar-refractivity contribution in [1.82, 2.24) is 19.4 Å². The molecule has 3 aliphatic rings. The highest BCUT2D eigenvalue weighted by Gasteiger charge is 2.51. The van der Waals surface area contributed by atoms with Crippen LogP contribution in [0.5, 0.6) is 6.01 Å². The van der Waals surface area contributed by atoms with Crippen LogP contribution in [-0.4, -0.2) is 78.2 Å². The summed E-state index contributed by atoms with van der Waals surface area (Å²) in [4.78, 5) is 13.8. The third-order valence-electron chi connectivity index (χ3n) is 6.07. The molecule has 1 N–H and O–H groups in total. The predicted octanol–water partition coefficient (Wildman–Crippen LogP) is 1.88. The zero-order chi connectivity index (χ0) is 18.7. The van der Waals surface area contributed by atoms with Crippen LogP contribution in [0.4, 0.5) is 11.9 Å². The monoisotopic (exact) mass is 390 g/mol. The van der Waals surface area contributed by atoms with Crippen molar-refractivity contribution < 1.29 is 9.22 Å². The Morgan fingerprint density at radius 1 is 1.00 bits per heavy atom. The molecular formula is C19H27ClN6O+2. The number of anilines is 1. The fraction of sp³-hybridized carbons (Fsp3) is 0.526. The van der Waals surface area contributed by atoms with E-state index in [1.165, 1.54) is 5.56 Å². The molecule has 4 heterocycles. The second-order valence-electron chi connectivity index (χ2n) is 7.53. The quantitative estimate of drug-likeness (QED) is 0.577. The number of hydrogen-bond donors (Lipinski definition) is 1. The van der Waals surface area contributed by atoms with Crippen molar-refractivity contribution in [2.24, 2.45) is 0 Å². The number of alkyl halides is 1. The second-order valence-corrected chi connectivity index (χ2v) is 7.90. The van der Waals surface area contributed by atoms with Crippen molar-refractivity contribution in [3.63, 3.8) is 0 Å². The number of nitrogens with zero attached hydrogens (tertiary/aromatic N) is 5. The summed E-state index contributed by atoms with van der Waals surface area (Å²) in [5.74, 6) is 2.12. The summed E-state index contributed by atoms with van der Waals surface area (Å²) in [7, 11) is 1.61. The van der Waals surface area contributed by atoms with Gasteiger partial charge in [-0.2, -0.15) is 4.98 Å². The maximum absolute atomic E-state index is 6.04. The zero-order valence-corrected chi connectivity index (χ0v) is 16.5. The number of piperazine rings is 3. The van der Waals surface area contributed by atoms with E-state index >= 15 is 0 Å². The molecule has 0 radical (unpaired) electrons. The summed E-state index contributed by atoms with van der Waals surface area (Å²) in [6, 6.07) is 10.6. The molecule has 5 rings (SSSR count). The van der Waals surface area contributed by atoms with Crippen LogP contribution in [0.25, 0.3) is 0 Å². The summed E-state index contributed by atoms with van der Waals surface area (Å²) in [5, 5.41) is 3.32. The Labute approximate surface area is 165 Å². The summed E-state index contributed by atoms with van der Waals surface area (Å²) >= 11 is 6.04. The Hall–Kier alpha value is -1.96. The first-order chi connectivity index (χ1) is 13.2. The van der Waals surface area contributed by atoms with Crippen LogP contribution in [0.15, 0.2) is 30.3 Å². The van der Waals surface area contributed by atoms with Crippen molar-refractivity contribution in [2.45, 2.75) is 6.54 Å². The topological polar surface area (TPSA) is 59.9 Å². The number of hydrogen-bond acceptors (Lipinski definition) is 5. The van der Waals surface area contributed by atoms with Gasteiger partial charge in [-0.1, -0.05) is 30.3 Å². The number of fused-ring (bicyclic) bond motifs is 3. The molecule has 8 heteroatoms. The van der Waals surface area contributed by atoms with Crippen LogP contribution in [0.1, 0.15) is 5.56 Å². The number of nitrogens with one attached hydrogen (secondary N) is 1. The average Bonchev–Trinajstić information content (AvgIpc) is 2.74. The minimum Gasteiger partial charge on any atom is -0.467 e. The van der Waals surface area contributed by atoms with E-state index in [2.05, 4.69) is 27.4 Å². The van der Waals surface area contributed by atoms with Gasteiger partial charge < -0.3 is 14.5 Å². The van der Waals surface area contributed by atoms with Gasteiger partial charge in [-0.05, 0) is 5.56 Å². The van der Waals surface area contributed by atoms with Crippen LogP contribution in [-0.2, 0) is 6.54 Å². The molecule has 1 aromatic carbocycles. The first kappa shape index (κ1) is 18.4. The molecule has 27 heavy (non-hydrogen) atoms. The molecule has 3 saturated heterocycles. The second kappa shape index (κ2) is 7.58. The summed E-state index contributed by atoms with van der Waals surface area (Å²) in [5.41, 5.74) is 1.18. The smallest absolute Gasteiger partial charge is 0.337 e. The summed E-state index contributed by atoms with van der Waals surface area (Å²) in [6.45, 7) is 8.26. The van der Waals surface area contributed by atoms with E-state index in [1.807, 2.05) is 18.2 Å². The molecule has 0 spiro atoms. The van der Waals surface area contributed by atoms with Crippen LogP contribution in [0.3, 0.4) is 0 Å². The molecule has 0 aliphatic carbocycles. The molecule has 144 valence electrons. The molecule has 3 aliphatic heterocycles. The largest absolute Gasteiger partial charge is 0.467 e. The first-order valence-corrected chi connectivity index (χ1v) is 10.1. The van der Waals surface area contributed by atoms with Gasteiger partial charge in [0.1, 0.15) is 39.3 Å². The number of methoxy groups -OCH3 is 1. The van der Waals surface area contributed by atoms with Gasteiger partial charge in [0.15, 0.2) is 0 Å². The van der Waals surface area contributed by atoms with Crippen molar-refractivity contribution in [3.05, 3.63) is 35.9 Å². The van der Waals surface area contributed by atoms with E-state index < -0.39 is 0 Å². The van der Waals surface area contributed by atoms with E-state index in [1.54, 1.807) is 7.11 Å². The van der Waals surface area contributed by atoms with Crippen molar-refractivity contribution >= 4 is 23.5 Å². The Balaban J connectivity index is 1.55. The Bertz CT molecular complexity index is 762. The van der Waals surface area contributed by atoms with E-state index in [0.29, 0.717) is 18.5 Å². The van der Waals surface area contributed by atoms with Crippen LogP contribution in [0, 0.1) is 0 Å². The van der Waals surface area contributed by atoms with E-state index in [0.717, 1.165) is 66.6 Å². The fourth-order valence-electron chi connectivity index (χ4n) is 4.20. The molecule has 1 aromatic heterocycles. The summed E-state index contributed by atoms with van der Waals surface area (Å²) in [6.07, 6.45) is 0. The van der Waals surface area contributed by atoms with E-state index in [9.17, 15) is 0 Å². The lowest BCUT2D eigenvalue weighted by molar-refractivity contribution is -0.938. The molecule has 7 nitrogen and oxygen atoms in total. The number of ether oxygens (including phenoxy) is 1. The van der Waals surface area contributed by atoms with Gasteiger partial charge in [-0.25, -0.2) is 4.48 Å². The van der Waals surface area contributed by atoms with Gasteiger partial charge in [-0.15, -0.1) is 21.6 Å². The Kier molecular flexibility index (Phi) is 5.16. The number of aromatic nitrogens is 3. The lowest BCUT2D eigenvalue weighted by Crippen LogP contribution is -2.76. The first-order valence-electron chi connectivity index (χ1n) is 9.53. The van der Waals surface area contributed by atoms with Crippen molar-refractivity contribution in [1.29, 1.82) is 0 Å². The maximum Gasteiger partial charge on any atom is 0.337 e. The highest BCUT2D eigenvalue weighted by molar-refractivity contribution is 6.17. The van der Waals surface area contributed by atoms with E-state index in [-0.39, 0.29) is 0 Å². The van der Waals surface area contributed by atoms with Gasteiger partial charge in [-0.3, -0.25) is 0 Å². The van der Waals surface area contributed by atoms with Gasteiger partial charge in [0.25, 0.3) is 0 Å². The lowest BCUT2D eigenvalue weighted by Gasteiger charge is -2.53. The molecular weight excluding hydrogens is 364 g/mol. The molecule has 0 atom stereocenters. The van der Waals surface area contributed by atoms with Crippen LogP contribution in [0.2, 0.25) is 0 Å². The third kappa shape index (κ3) is 3.72. The third-order valence-corrected chi connectivity index (χ3v) is 6.24. The van der Waals surface area contributed by atoms with Crippen molar-refractivity contribution in [3.8, 4) is 6.01 Å². The molecule has 0 saturated carbocycles. The number of rotatable bonds is 7. The van der Waals surface area contributed by atoms with Gasteiger partial charge in [0, 0.05) is 6.54 Å². The molecule has 0 unspecified atom stereocenters. The minimum absolute atomic E-state index is 0.376. The maximum atomic E-state index is 6.04. The van der Waals surface area contributed by atoms with Crippen LogP contribution < -0.4 is 14.5 Å². The average molecular weight is 391 g/mol.